The fraction of sp³-hybridized carbons (Fsp3) is 0.360. The van der Waals surface area contributed by atoms with E-state index >= 15 is 0 Å². The number of carbonyl (C=O) groups excluding carboxylic acids is 1. The lowest BCUT2D eigenvalue weighted by molar-refractivity contribution is -0.385. The van der Waals surface area contributed by atoms with E-state index in [9.17, 15) is 27.7 Å². The molecule has 1 N–H and O–H groups in total. The van der Waals surface area contributed by atoms with E-state index in [-0.39, 0.29) is 22.2 Å². The van der Waals surface area contributed by atoms with Gasteiger partial charge in [0.2, 0.25) is 15.9 Å². The van der Waals surface area contributed by atoms with Gasteiger partial charge in [0.15, 0.2) is 5.69 Å². The molecule has 4 rings (SSSR count). The van der Waals surface area contributed by atoms with Crippen LogP contribution in [0.15, 0.2) is 47.4 Å². The summed E-state index contributed by atoms with van der Waals surface area (Å²) in [6, 6.07) is 8.62. The van der Waals surface area contributed by atoms with Crippen molar-refractivity contribution in [2.24, 2.45) is 0 Å². The fourth-order valence-electron chi connectivity index (χ4n) is 4.06. The number of carbonyl (C=O) groups is 1. The summed E-state index contributed by atoms with van der Waals surface area (Å²) in [6.45, 7) is 7.68. The van der Waals surface area contributed by atoms with Gasteiger partial charge in [-0.25, -0.2) is 17.5 Å². The first-order valence-corrected chi connectivity index (χ1v) is 13.4. The van der Waals surface area contributed by atoms with E-state index in [4.69, 9.17) is 4.74 Å². The third-order valence-electron chi connectivity index (χ3n) is 6.05. The zero-order valence-electron chi connectivity index (χ0n) is 21.4. The lowest BCUT2D eigenvalue weighted by atomic mass is 10.1. The Morgan fingerprint density at radius 3 is 2.34 bits per heavy atom. The number of halogens is 1. The number of nitrogens with zero attached hydrogens (tertiary/aromatic N) is 4. The van der Waals surface area contributed by atoms with E-state index in [1.165, 1.54) is 39.3 Å². The highest BCUT2D eigenvalue weighted by Gasteiger charge is 2.34. The molecule has 38 heavy (non-hydrogen) atoms. The van der Waals surface area contributed by atoms with Crippen molar-refractivity contribution >= 4 is 27.3 Å². The Morgan fingerprint density at radius 2 is 1.76 bits per heavy atom. The van der Waals surface area contributed by atoms with E-state index in [2.05, 4.69) is 10.4 Å². The number of aromatic nitrogens is 2. The summed E-state index contributed by atoms with van der Waals surface area (Å²) in [5.41, 5.74) is -0.385. The molecule has 13 heteroatoms. The Bertz CT molecular complexity index is 1490. The maximum absolute atomic E-state index is 13.4. The second kappa shape index (κ2) is 10.1. The molecule has 1 aliphatic heterocycles. The fourth-order valence-corrected chi connectivity index (χ4v) is 5.71. The summed E-state index contributed by atoms with van der Waals surface area (Å²) in [4.78, 5) is 23.5. The zero-order chi connectivity index (χ0) is 27.8. The molecule has 202 valence electrons. The van der Waals surface area contributed by atoms with Crippen LogP contribution in [0.5, 0.6) is 11.6 Å². The lowest BCUT2D eigenvalue weighted by Crippen LogP contribution is -2.28. The minimum Gasteiger partial charge on any atom is -0.438 e. The van der Waals surface area contributed by atoms with Gasteiger partial charge in [0.05, 0.1) is 10.5 Å². The van der Waals surface area contributed by atoms with Gasteiger partial charge in [-0.15, -0.1) is 0 Å². The third kappa shape index (κ3) is 5.38. The molecular formula is C25H28FN5O6S. The number of rotatable bonds is 7. The van der Waals surface area contributed by atoms with Gasteiger partial charge in [-0.3, -0.25) is 14.9 Å². The van der Waals surface area contributed by atoms with E-state index in [1.54, 1.807) is 6.92 Å². The maximum Gasteiger partial charge on any atom is 0.276 e. The first-order valence-electron chi connectivity index (χ1n) is 11.9. The predicted molar refractivity (Wildman–Crippen MR) is 137 cm³/mol. The SMILES string of the molecule is Cc1c(C(=O)Nc2ccc(F)cc2)nn(C(C)(C)C)c1Oc1ccc([N+](=O)[O-])cc1S(=O)(=O)N1CCCC1. The van der Waals surface area contributed by atoms with Crippen molar-refractivity contribution in [1.29, 1.82) is 0 Å². The van der Waals surface area contributed by atoms with Gasteiger partial charge in [-0.05, 0) is 70.9 Å². The number of sulfonamides is 1. The Hall–Kier alpha value is -3.84. The van der Waals surface area contributed by atoms with Gasteiger partial charge < -0.3 is 10.1 Å². The quantitative estimate of drug-likeness (QED) is 0.332. The van der Waals surface area contributed by atoms with Gasteiger partial charge in [0, 0.05) is 36.5 Å². The first-order chi connectivity index (χ1) is 17.8. The minimum atomic E-state index is -4.10. The van der Waals surface area contributed by atoms with E-state index in [0.29, 0.717) is 37.2 Å². The Balaban J connectivity index is 1.78. The number of nitrogens with one attached hydrogen (secondary N) is 1. The van der Waals surface area contributed by atoms with Crippen molar-refractivity contribution in [3.05, 3.63) is 69.7 Å². The number of anilines is 1. The highest BCUT2D eigenvalue weighted by molar-refractivity contribution is 7.89. The number of amides is 1. The summed E-state index contributed by atoms with van der Waals surface area (Å²) in [5.74, 6) is -1.04. The topological polar surface area (TPSA) is 137 Å². The van der Waals surface area contributed by atoms with Gasteiger partial charge in [-0.1, -0.05) is 0 Å². The van der Waals surface area contributed by atoms with Crippen LogP contribution in [-0.4, -0.2) is 46.4 Å². The molecule has 1 amide bonds. The summed E-state index contributed by atoms with van der Waals surface area (Å²) < 4.78 is 49.0. The van der Waals surface area contributed by atoms with Crippen LogP contribution in [0, 0.1) is 22.9 Å². The molecule has 0 atom stereocenters. The summed E-state index contributed by atoms with van der Waals surface area (Å²) in [5, 5.41) is 18.5. The molecule has 1 fully saturated rings. The molecule has 3 aromatic rings. The normalized spacial score (nSPS) is 14.4. The average molecular weight is 546 g/mol. The molecule has 1 aliphatic rings. The van der Waals surface area contributed by atoms with Crippen molar-refractivity contribution < 1.29 is 27.3 Å². The van der Waals surface area contributed by atoms with Gasteiger partial charge in [0.1, 0.15) is 16.5 Å². The zero-order valence-corrected chi connectivity index (χ0v) is 22.2. The molecule has 0 spiro atoms. The molecule has 11 nitrogen and oxygen atoms in total. The Labute approximate surface area is 219 Å². The van der Waals surface area contributed by atoms with E-state index in [0.717, 1.165) is 12.1 Å². The number of nitro groups is 1. The van der Waals surface area contributed by atoms with Gasteiger partial charge in [0.25, 0.3) is 11.6 Å². The second-order valence-corrected chi connectivity index (χ2v) is 11.8. The smallest absolute Gasteiger partial charge is 0.276 e. The largest absolute Gasteiger partial charge is 0.438 e. The molecular weight excluding hydrogens is 517 g/mol. The van der Waals surface area contributed by atoms with E-state index < -0.39 is 37.9 Å². The van der Waals surface area contributed by atoms with Crippen LogP contribution in [0.25, 0.3) is 0 Å². The molecule has 0 bridgehead atoms. The summed E-state index contributed by atoms with van der Waals surface area (Å²) in [7, 11) is -4.10. The number of ether oxygens (including phenoxy) is 1. The van der Waals surface area contributed by atoms with Crippen molar-refractivity contribution in [3.63, 3.8) is 0 Å². The molecule has 0 radical (unpaired) electrons. The van der Waals surface area contributed by atoms with Crippen LogP contribution in [0.2, 0.25) is 0 Å². The van der Waals surface area contributed by atoms with Crippen molar-refractivity contribution in [1.82, 2.24) is 14.1 Å². The molecule has 0 aliphatic carbocycles. The van der Waals surface area contributed by atoms with Gasteiger partial charge >= 0.3 is 0 Å². The predicted octanol–water partition coefficient (Wildman–Crippen LogP) is 4.82. The highest BCUT2D eigenvalue weighted by atomic mass is 32.2. The van der Waals surface area contributed by atoms with Crippen LogP contribution < -0.4 is 10.1 Å². The van der Waals surface area contributed by atoms with Gasteiger partial charge in [-0.2, -0.15) is 9.40 Å². The molecule has 2 heterocycles. The number of non-ortho nitro benzene ring substituents is 1. The van der Waals surface area contributed by atoms with Crippen LogP contribution in [0.4, 0.5) is 15.8 Å². The monoisotopic (exact) mass is 545 g/mol. The van der Waals surface area contributed by atoms with Crippen molar-refractivity contribution in [3.8, 4) is 11.6 Å². The maximum atomic E-state index is 13.4. The number of benzene rings is 2. The van der Waals surface area contributed by atoms with E-state index in [1.807, 2.05) is 20.8 Å². The minimum absolute atomic E-state index is 0.0186. The lowest BCUT2D eigenvalue weighted by Gasteiger charge is -2.23. The summed E-state index contributed by atoms with van der Waals surface area (Å²) in [6.07, 6.45) is 1.37. The highest BCUT2D eigenvalue weighted by Crippen LogP contribution is 2.38. The number of hydrogen-bond acceptors (Lipinski definition) is 7. The van der Waals surface area contributed by atoms with Crippen LogP contribution in [0.3, 0.4) is 0 Å². The molecule has 1 saturated heterocycles. The standard InChI is InChI=1S/C25H28FN5O6S/c1-16-22(23(32)27-18-9-7-17(26)8-10-18)28-30(25(2,3)4)24(16)37-20-12-11-19(31(33)34)15-21(20)38(35,36)29-13-5-6-14-29/h7-12,15H,5-6,13-14H2,1-4H3,(H,27,32). The second-order valence-electron chi connectivity index (χ2n) is 9.92. The molecule has 2 aromatic carbocycles. The first kappa shape index (κ1) is 27.2. The molecule has 0 unspecified atom stereocenters. The van der Waals surface area contributed by atoms with Crippen molar-refractivity contribution in [2.45, 2.75) is 51.0 Å². The number of nitro benzene ring substituents is 1. The average Bonchev–Trinajstić information content (AvgIpc) is 3.50. The molecule has 1 aromatic heterocycles. The number of hydrogen-bond donors (Lipinski definition) is 1. The van der Waals surface area contributed by atoms with Crippen LogP contribution in [0.1, 0.15) is 49.7 Å². The third-order valence-corrected chi connectivity index (χ3v) is 7.97. The van der Waals surface area contributed by atoms with Crippen LogP contribution >= 0.6 is 0 Å². The summed E-state index contributed by atoms with van der Waals surface area (Å²) >= 11 is 0. The Kier molecular flexibility index (Phi) is 7.26. The van der Waals surface area contributed by atoms with Crippen molar-refractivity contribution in [2.75, 3.05) is 18.4 Å². The van der Waals surface area contributed by atoms with Crippen LogP contribution in [-0.2, 0) is 15.6 Å². The Morgan fingerprint density at radius 1 is 1.13 bits per heavy atom. The molecule has 0 saturated carbocycles.